The number of nitrogens with one attached hydrogen (secondary N) is 1. The molecule has 0 aromatic carbocycles. The molecule has 1 aromatic heterocycles. The van der Waals surface area contributed by atoms with E-state index in [1.807, 2.05) is 0 Å². The van der Waals surface area contributed by atoms with Gasteiger partial charge in [-0.2, -0.15) is 0 Å². The summed E-state index contributed by atoms with van der Waals surface area (Å²) in [6.45, 7) is 10.0. The predicted octanol–water partition coefficient (Wildman–Crippen LogP) is 1.87. The Kier molecular flexibility index (Phi) is 5.79. The SMILES string of the molecule is CCCNC1CCCN(c2nccn(CC(C)C)c2=O)C1. The molecule has 5 nitrogen and oxygen atoms in total. The molecule has 0 saturated carbocycles. The third-order valence-electron chi connectivity index (χ3n) is 3.86. The van der Waals surface area contributed by atoms with Gasteiger partial charge in [-0.05, 0) is 31.7 Å². The van der Waals surface area contributed by atoms with Crippen LogP contribution in [-0.4, -0.2) is 35.2 Å². The molecule has 1 saturated heterocycles. The van der Waals surface area contributed by atoms with E-state index in [-0.39, 0.29) is 5.56 Å². The summed E-state index contributed by atoms with van der Waals surface area (Å²) in [6, 6.07) is 0.471. The van der Waals surface area contributed by atoms with Crippen molar-refractivity contribution >= 4 is 5.82 Å². The molecule has 1 aliphatic rings. The van der Waals surface area contributed by atoms with Crippen LogP contribution < -0.4 is 15.8 Å². The van der Waals surface area contributed by atoms with Crippen molar-refractivity contribution in [2.45, 2.75) is 52.6 Å². The highest BCUT2D eigenvalue weighted by atomic mass is 16.1. The summed E-state index contributed by atoms with van der Waals surface area (Å²) >= 11 is 0. The summed E-state index contributed by atoms with van der Waals surface area (Å²) < 4.78 is 1.79. The minimum atomic E-state index is 0.0438. The smallest absolute Gasteiger partial charge is 0.293 e. The summed E-state index contributed by atoms with van der Waals surface area (Å²) in [5, 5.41) is 3.56. The maximum atomic E-state index is 12.6. The number of nitrogens with zero attached hydrogens (tertiary/aromatic N) is 3. The largest absolute Gasteiger partial charge is 0.350 e. The molecule has 1 atom stereocenters. The molecule has 0 aliphatic carbocycles. The summed E-state index contributed by atoms with van der Waals surface area (Å²) in [6.07, 6.45) is 6.98. The lowest BCUT2D eigenvalue weighted by atomic mass is 10.1. The van der Waals surface area contributed by atoms with Crippen molar-refractivity contribution in [3.05, 3.63) is 22.7 Å². The van der Waals surface area contributed by atoms with Crippen LogP contribution in [0.1, 0.15) is 40.0 Å². The normalized spacial score (nSPS) is 19.2. The van der Waals surface area contributed by atoms with Crippen LogP contribution in [0.25, 0.3) is 0 Å². The molecule has 1 aliphatic heterocycles. The van der Waals surface area contributed by atoms with E-state index >= 15 is 0 Å². The molecule has 0 amide bonds. The molecule has 1 aromatic rings. The molecule has 0 bridgehead atoms. The molecule has 1 fully saturated rings. The minimum absolute atomic E-state index is 0.0438. The molecule has 21 heavy (non-hydrogen) atoms. The van der Waals surface area contributed by atoms with E-state index in [0.29, 0.717) is 17.8 Å². The maximum absolute atomic E-state index is 12.6. The molecule has 1 unspecified atom stereocenters. The number of piperidine rings is 1. The Morgan fingerprint density at radius 2 is 2.29 bits per heavy atom. The third kappa shape index (κ3) is 4.30. The van der Waals surface area contributed by atoms with Gasteiger partial charge in [-0.1, -0.05) is 20.8 Å². The number of hydrogen-bond donors (Lipinski definition) is 1. The van der Waals surface area contributed by atoms with Gasteiger partial charge in [0.2, 0.25) is 0 Å². The van der Waals surface area contributed by atoms with Gasteiger partial charge in [-0.15, -0.1) is 0 Å². The fraction of sp³-hybridized carbons (Fsp3) is 0.750. The Balaban J connectivity index is 2.12. The highest BCUT2D eigenvalue weighted by molar-refractivity contribution is 5.36. The first-order chi connectivity index (χ1) is 10.1. The van der Waals surface area contributed by atoms with E-state index in [4.69, 9.17) is 0 Å². The topological polar surface area (TPSA) is 50.2 Å². The Hall–Kier alpha value is -1.36. The number of hydrogen-bond acceptors (Lipinski definition) is 4. The average molecular weight is 292 g/mol. The van der Waals surface area contributed by atoms with E-state index in [1.165, 1.54) is 6.42 Å². The second kappa shape index (κ2) is 7.59. The molecule has 2 rings (SSSR count). The van der Waals surface area contributed by atoms with Gasteiger partial charge in [0.15, 0.2) is 5.82 Å². The zero-order chi connectivity index (χ0) is 15.2. The molecule has 2 heterocycles. The summed E-state index contributed by atoms with van der Waals surface area (Å²) in [7, 11) is 0. The average Bonchev–Trinajstić information content (AvgIpc) is 2.47. The van der Waals surface area contributed by atoms with Crippen LogP contribution in [0.4, 0.5) is 5.82 Å². The van der Waals surface area contributed by atoms with Crippen molar-refractivity contribution in [2.24, 2.45) is 5.92 Å². The second-order valence-corrected chi connectivity index (χ2v) is 6.34. The fourth-order valence-electron chi connectivity index (χ4n) is 2.87. The van der Waals surface area contributed by atoms with Crippen molar-refractivity contribution in [3.63, 3.8) is 0 Å². The first kappa shape index (κ1) is 16.0. The van der Waals surface area contributed by atoms with Gasteiger partial charge in [-0.25, -0.2) is 4.98 Å². The van der Waals surface area contributed by atoms with Gasteiger partial charge in [0.25, 0.3) is 5.56 Å². The number of rotatable bonds is 6. The van der Waals surface area contributed by atoms with Crippen molar-refractivity contribution in [3.8, 4) is 0 Å². The lowest BCUT2D eigenvalue weighted by molar-refractivity contribution is 0.419. The van der Waals surface area contributed by atoms with Crippen molar-refractivity contribution in [1.29, 1.82) is 0 Å². The lowest BCUT2D eigenvalue weighted by Crippen LogP contribution is -2.48. The minimum Gasteiger partial charge on any atom is -0.350 e. The Morgan fingerprint density at radius 3 is 3.00 bits per heavy atom. The highest BCUT2D eigenvalue weighted by Gasteiger charge is 2.22. The maximum Gasteiger partial charge on any atom is 0.293 e. The first-order valence-corrected chi connectivity index (χ1v) is 8.15. The van der Waals surface area contributed by atoms with Crippen LogP contribution in [0.2, 0.25) is 0 Å². The van der Waals surface area contributed by atoms with E-state index in [2.05, 4.69) is 36.0 Å². The van der Waals surface area contributed by atoms with Crippen LogP contribution in [0, 0.1) is 5.92 Å². The molecular formula is C16H28N4O. The van der Waals surface area contributed by atoms with E-state index in [9.17, 15) is 4.79 Å². The summed E-state index contributed by atoms with van der Waals surface area (Å²) in [5.74, 6) is 1.07. The molecule has 118 valence electrons. The molecular weight excluding hydrogens is 264 g/mol. The Morgan fingerprint density at radius 1 is 1.48 bits per heavy atom. The van der Waals surface area contributed by atoms with Crippen LogP contribution in [0.15, 0.2) is 17.2 Å². The van der Waals surface area contributed by atoms with Gasteiger partial charge in [0, 0.05) is 38.1 Å². The summed E-state index contributed by atoms with van der Waals surface area (Å²) in [5.41, 5.74) is 0.0438. The third-order valence-corrected chi connectivity index (χ3v) is 3.86. The lowest BCUT2D eigenvalue weighted by Gasteiger charge is -2.33. The standard InChI is InChI=1S/C16H28N4O/c1-4-7-17-14-6-5-9-19(12-14)15-16(21)20(10-8-18-15)11-13(2)3/h8,10,13-14,17H,4-7,9,11-12H2,1-3H3. The van der Waals surface area contributed by atoms with Crippen molar-refractivity contribution < 1.29 is 0 Å². The van der Waals surface area contributed by atoms with E-state index in [0.717, 1.165) is 39.0 Å². The highest BCUT2D eigenvalue weighted by Crippen LogP contribution is 2.14. The fourth-order valence-corrected chi connectivity index (χ4v) is 2.87. The number of anilines is 1. The predicted molar refractivity (Wildman–Crippen MR) is 86.9 cm³/mol. The van der Waals surface area contributed by atoms with Crippen LogP contribution >= 0.6 is 0 Å². The van der Waals surface area contributed by atoms with E-state index in [1.54, 1.807) is 17.0 Å². The quantitative estimate of drug-likeness (QED) is 0.869. The van der Waals surface area contributed by atoms with Crippen molar-refractivity contribution in [1.82, 2.24) is 14.9 Å². The zero-order valence-electron chi connectivity index (χ0n) is 13.5. The second-order valence-electron chi connectivity index (χ2n) is 6.34. The Bertz CT molecular complexity index is 497. The zero-order valence-corrected chi connectivity index (χ0v) is 13.5. The Labute approximate surface area is 127 Å². The molecule has 0 spiro atoms. The van der Waals surface area contributed by atoms with Crippen LogP contribution in [0.5, 0.6) is 0 Å². The molecule has 0 radical (unpaired) electrons. The van der Waals surface area contributed by atoms with E-state index < -0.39 is 0 Å². The van der Waals surface area contributed by atoms with Gasteiger partial charge in [0.1, 0.15) is 0 Å². The van der Waals surface area contributed by atoms with Gasteiger partial charge < -0.3 is 14.8 Å². The monoisotopic (exact) mass is 292 g/mol. The van der Waals surface area contributed by atoms with Crippen LogP contribution in [-0.2, 0) is 6.54 Å². The molecule has 1 N–H and O–H groups in total. The van der Waals surface area contributed by atoms with Gasteiger partial charge >= 0.3 is 0 Å². The van der Waals surface area contributed by atoms with Gasteiger partial charge in [0.05, 0.1) is 0 Å². The van der Waals surface area contributed by atoms with Crippen LogP contribution in [0.3, 0.4) is 0 Å². The molecule has 5 heteroatoms. The number of aromatic nitrogens is 2. The van der Waals surface area contributed by atoms with Gasteiger partial charge in [-0.3, -0.25) is 4.79 Å². The first-order valence-electron chi connectivity index (χ1n) is 8.15. The van der Waals surface area contributed by atoms with Crippen molar-refractivity contribution in [2.75, 3.05) is 24.5 Å². The summed E-state index contributed by atoms with van der Waals surface area (Å²) in [4.78, 5) is 19.1.